The zero-order valence-corrected chi connectivity index (χ0v) is 17.2. The summed E-state index contributed by atoms with van der Waals surface area (Å²) in [5, 5.41) is 0. The predicted molar refractivity (Wildman–Crippen MR) is 105 cm³/mol. The van der Waals surface area contributed by atoms with Crippen molar-refractivity contribution in [1.29, 1.82) is 0 Å². The molecule has 0 saturated carbocycles. The minimum atomic E-state index is -0.163. The van der Waals surface area contributed by atoms with Crippen molar-refractivity contribution in [3.05, 3.63) is 11.8 Å². The zero-order valence-electron chi connectivity index (χ0n) is 17.2. The first-order valence-corrected chi connectivity index (χ1v) is 10.7. The Labute approximate surface area is 167 Å². The topological polar surface area (TPSA) is 62.3 Å². The lowest BCUT2D eigenvalue weighted by atomic mass is 9.77. The van der Waals surface area contributed by atoms with Gasteiger partial charge < -0.3 is 19.3 Å². The Kier molecular flexibility index (Phi) is 5.54. The summed E-state index contributed by atoms with van der Waals surface area (Å²) in [7, 11) is 1.68. The molecule has 4 aliphatic rings. The number of nitrogens with zero attached hydrogens (tertiary/aromatic N) is 3. The Morgan fingerprint density at radius 2 is 2.07 bits per heavy atom. The van der Waals surface area contributed by atoms with Crippen LogP contribution in [0, 0.1) is 5.41 Å². The number of hydrogen-bond donors (Lipinski definition) is 0. The molecule has 0 radical (unpaired) electrons. The maximum atomic E-state index is 12.4. The fourth-order valence-corrected chi connectivity index (χ4v) is 5.51. The van der Waals surface area contributed by atoms with Gasteiger partial charge in [-0.1, -0.05) is 0 Å². The van der Waals surface area contributed by atoms with Crippen molar-refractivity contribution >= 4 is 12.0 Å². The molecular formula is C21H33N3O4. The third-order valence-corrected chi connectivity index (χ3v) is 7.06. The molecule has 7 nitrogen and oxygen atoms in total. The zero-order chi connectivity index (χ0) is 19.7. The summed E-state index contributed by atoms with van der Waals surface area (Å²) in [6.07, 6.45) is 7.98. The highest BCUT2D eigenvalue weighted by atomic mass is 16.6. The average Bonchev–Trinajstić information content (AvgIpc) is 3.13. The van der Waals surface area contributed by atoms with Crippen LogP contribution in [0.5, 0.6) is 0 Å². The van der Waals surface area contributed by atoms with E-state index in [0.29, 0.717) is 26.2 Å². The molecule has 0 aromatic rings. The molecule has 4 aliphatic heterocycles. The standard InChI is InChI=1S/C21H33N3O4/c1-3-28-20(26)24-16-4-5-17(24)13-18(12-16)22-8-6-21(7-9-22)14-19(25)23(15-21)10-11-27-2/h12,16-17H,3-11,13-15H2,1-2H3. The molecule has 0 N–H and O–H groups in total. The van der Waals surface area contributed by atoms with Crippen molar-refractivity contribution in [2.24, 2.45) is 5.41 Å². The first-order valence-electron chi connectivity index (χ1n) is 10.7. The number of rotatable bonds is 5. The van der Waals surface area contributed by atoms with E-state index in [-0.39, 0.29) is 29.5 Å². The number of methoxy groups -OCH3 is 1. The minimum absolute atomic E-state index is 0.145. The molecule has 156 valence electrons. The molecule has 4 rings (SSSR count). The van der Waals surface area contributed by atoms with E-state index < -0.39 is 0 Å². The Morgan fingerprint density at radius 3 is 2.75 bits per heavy atom. The van der Waals surface area contributed by atoms with Gasteiger partial charge in [-0.05, 0) is 38.7 Å². The normalized spacial score (nSPS) is 28.9. The van der Waals surface area contributed by atoms with Gasteiger partial charge in [0.1, 0.15) is 0 Å². The number of piperidine rings is 1. The van der Waals surface area contributed by atoms with Crippen LogP contribution in [0.25, 0.3) is 0 Å². The van der Waals surface area contributed by atoms with Gasteiger partial charge in [-0.2, -0.15) is 0 Å². The molecule has 7 heteroatoms. The quantitative estimate of drug-likeness (QED) is 0.719. The van der Waals surface area contributed by atoms with Gasteiger partial charge in [-0.3, -0.25) is 9.69 Å². The highest BCUT2D eigenvalue weighted by Gasteiger charge is 2.46. The van der Waals surface area contributed by atoms with Gasteiger partial charge >= 0.3 is 6.09 Å². The molecule has 28 heavy (non-hydrogen) atoms. The van der Waals surface area contributed by atoms with Gasteiger partial charge in [0.05, 0.1) is 19.3 Å². The molecule has 0 aromatic carbocycles. The van der Waals surface area contributed by atoms with Crippen molar-refractivity contribution in [1.82, 2.24) is 14.7 Å². The third-order valence-electron chi connectivity index (χ3n) is 7.06. The van der Waals surface area contributed by atoms with E-state index in [0.717, 1.165) is 51.7 Å². The highest BCUT2D eigenvalue weighted by Crippen LogP contribution is 2.43. The SMILES string of the molecule is CCOC(=O)N1C2C=C(N3CCC4(CC3)CC(=O)N(CCOC)C4)CC1CC2. The Morgan fingerprint density at radius 1 is 1.29 bits per heavy atom. The number of fused-ring (bicyclic) bond motifs is 2. The van der Waals surface area contributed by atoms with Gasteiger partial charge in [0, 0.05) is 63.3 Å². The number of amides is 2. The van der Waals surface area contributed by atoms with Crippen LogP contribution in [-0.2, 0) is 14.3 Å². The molecular weight excluding hydrogens is 358 g/mol. The van der Waals surface area contributed by atoms with E-state index in [4.69, 9.17) is 9.47 Å². The lowest BCUT2D eigenvalue weighted by Gasteiger charge is -2.43. The van der Waals surface area contributed by atoms with Crippen LogP contribution in [0.1, 0.15) is 45.4 Å². The second-order valence-electron chi connectivity index (χ2n) is 8.74. The Balaban J connectivity index is 1.36. The lowest BCUT2D eigenvalue weighted by Crippen LogP contribution is -2.47. The molecule has 3 fully saturated rings. The summed E-state index contributed by atoms with van der Waals surface area (Å²) >= 11 is 0. The number of carbonyl (C=O) groups is 2. The molecule has 4 heterocycles. The van der Waals surface area contributed by atoms with Crippen LogP contribution in [0.4, 0.5) is 4.79 Å². The van der Waals surface area contributed by atoms with Gasteiger partial charge in [-0.15, -0.1) is 0 Å². The smallest absolute Gasteiger partial charge is 0.410 e. The third kappa shape index (κ3) is 3.61. The van der Waals surface area contributed by atoms with Crippen molar-refractivity contribution in [2.45, 2.75) is 57.5 Å². The summed E-state index contributed by atoms with van der Waals surface area (Å²) in [6, 6.07) is 0.457. The number of likely N-dealkylation sites (tertiary alicyclic amines) is 2. The first kappa shape index (κ1) is 19.6. The van der Waals surface area contributed by atoms with Crippen LogP contribution in [-0.4, -0.2) is 85.3 Å². The van der Waals surface area contributed by atoms with E-state index in [9.17, 15) is 9.59 Å². The molecule has 0 aliphatic carbocycles. The lowest BCUT2D eigenvalue weighted by molar-refractivity contribution is -0.128. The summed E-state index contributed by atoms with van der Waals surface area (Å²) in [6.45, 7) is 6.51. The molecule has 3 saturated heterocycles. The van der Waals surface area contributed by atoms with Gasteiger partial charge in [0.25, 0.3) is 0 Å². The van der Waals surface area contributed by atoms with Crippen molar-refractivity contribution in [3.63, 3.8) is 0 Å². The van der Waals surface area contributed by atoms with Gasteiger partial charge in [0.2, 0.25) is 5.91 Å². The van der Waals surface area contributed by atoms with Crippen LogP contribution >= 0.6 is 0 Å². The second-order valence-corrected chi connectivity index (χ2v) is 8.74. The number of hydrogen-bond acceptors (Lipinski definition) is 5. The fraction of sp³-hybridized carbons (Fsp3) is 0.810. The molecule has 1 spiro atoms. The number of ether oxygens (including phenoxy) is 2. The highest BCUT2D eigenvalue weighted by molar-refractivity contribution is 5.79. The van der Waals surface area contributed by atoms with Gasteiger partial charge in [-0.25, -0.2) is 4.79 Å². The van der Waals surface area contributed by atoms with Crippen molar-refractivity contribution in [3.8, 4) is 0 Å². The second kappa shape index (κ2) is 7.93. The van der Waals surface area contributed by atoms with Crippen LogP contribution in [0.2, 0.25) is 0 Å². The summed E-state index contributed by atoms with van der Waals surface area (Å²) < 4.78 is 10.4. The van der Waals surface area contributed by atoms with Gasteiger partial charge in [0.15, 0.2) is 0 Å². The summed E-state index contributed by atoms with van der Waals surface area (Å²) in [4.78, 5) is 31.1. The van der Waals surface area contributed by atoms with Crippen LogP contribution < -0.4 is 0 Å². The molecule has 2 unspecified atom stereocenters. The van der Waals surface area contributed by atoms with E-state index in [1.807, 2.05) is 16.7 Å². The van der Waals surface area contributed by atoms with Crippen molar-refractivity contribution < 1.29 is 19.1 Å². The molecule has 2 atom stereocenters. The number of carbonyl (C=O) groups excluding carboxylic acids is 2. The van der Waals surface area contributed by atoms with E-state index >= 15 is 0 Å². The van der Waals surface area contributed by atoms with E-state index in [1.165, 1.54) is 5.70 Å². The summed E-state index contributed by atoms with van der Waals surface area (Å²) in [5.74, 6) is 0.283. The maximum Gasteiger partial charge on any atom is 0.410 e. The Hall–Kier alpha value is -1.76. The first-order chi connectivity index (χ1) is 13.5. The largest absolute Gasteiger partial charge is 0.450 e. The van der Waals surface area contributed by atoms with E-state index in [2.05, 4.69) is 11.0 Å². The average molecular weight is 392 g/mol. The van der Waals surface area contributed by atoms with Crippen molar-refractivity contribution in [2.75, 3.05) is 46.5 Å². The van der Waals surface area contributed by atoms with Crippen LogP contribution in [0.3, 0.4) is 0 Å². The molecule has 2 bridgehead atoms. The monoisotopic (exact) mass is 391 g/mol. The maximum absolute atomic E-state index is 12.4. The van der Waals surface area contributed by atoms with E-state index in [1.54, 1.807) is 7.11 Å². The summed E-state index contributed by atoms with van der Waals surface area (Å²) in [5.41, 5.74) is 1.54. The Bertz CT molecular complexity index is 642. The molecule has 0 aromatic heterocycles. The predicted octanol–water partition coefficient (Wildman–Crippen LogP) is 2.22. The van der Waals surface area contributed by atoms with Crippen LogP contribution in [0.15, 0.2) is 11.8 Å². The molecule has 2 amide bonds. The minimum Gasteiger partial charge on any atom is -0.450 e. The fourth-order valence-electron chi connectivity index (χ4n) is 5.51.